The topological polar surface area (TPSA) is 61.4 Å². The molecule has 2 rings (SSSR count). The average Bonchev–Trinajstić information content (AvgIpc) is 2.70. The summed E-state index contributed by atoms with van der Waals surface area (Å²) in [5, 5.41) is 5.79. The zero-order chi connectivity index (χ0) is 11.5. The van der Waals surface area contributed by atoms with Crippen molar-refractivity contribution < 1.29 is 9.59 Å². The predicted molar refractivity (Wildman–Crippen MR) is 59.8 cm³/mol. The number of hydrogen-bond acceptors (Lipinski definition) is 4. The van der Waals surface area contributed by atoms with E-state index in [1.807, 2.05) is 11.8 Å². The number of piperazine rings is 1. The smallest absolute Gasteiger partial charge is 0.243 e. The Morgan fingerprint density at radius 2 is 2.25 bits per heavy atom. The molecule has 2 atom stereocenters. The highest BCUT2D eigenvalue weighted by Crippen LogP contribution is 2.13. The van der Waals surface area contributed by atoms with Gasteiger partial charge in [0.15, 0.2) is 0 Å². The first-order valence-electron chi connectivity index (χ1n) is 6.02. The van der Waals surface area contributed by atoms with E-state index in [1.165, 1.54) is 6.42 Å². The van der Waals surface area contributed by atoms with Crippen molar-refractivity contribution in [1.29, 1.82) is 0 Å². The zero-order valence-electron chi connectivity index (χ0n) is 9.66. The Morgan fingerprint density at radius 1 is 1.44 bits per heavy atom. The van der Waals surface area contributed by atoms with E-state index in [-0.39, 0.29) is 17.9 Å². The standard InChI is InChI=1S/C11H19N3O2/c1-2-9-11(16)13-10(15)7-14(9)6-8-4-3-5-12-8/h8-9,12H,2-7H2,1H3,(H,13,15,16)/t8-,9?/m1/s1. The van der Waals surface area contributed by atoms with E-state index in [2.05, 4.69) is 10.6 Å². The lowest BCUT2D eigenvalue weighted by molar-refractivity contribution is -0.140. The van der Waals surface area contributed by atoms with Gasteiger partial charge in [0.25, 0.3) is 0 Å². The minimum Gasteiger partial charge on any atom is -0.313 e. The minimum atomic E-state index is -0.173. The molecule has 0 radical (unpaired) electrons. The number of carbonyl (C=O) groups is 2. The van der Waals surface area contributed by atoms with Crippen LogP contribution in [0, 0.1) is 0 Å². The molecule has 0 aromatic rings. The van der Waals surface area contributed by atoms with Crippen LogP contribution in [-0.2, 0) is 9.59 Å². The molecule has 5 nitrogen and oxygen atoms in total. The molecule has 1 unspecified atom stereocenters. The third-order valence-corrected chi connectivity index (χ3v) is 3.36. The lowest BCUT2D eigenvalue weighted by Gasteiger charge is -2.34. The van der Waals surface area contributed by atoms with Gasteiger partial charge in [0.2, 0.25) is 11.8 Å². The maximum atomic E-state index is 11.6. The second-order valence-corrected chi connectivity index (χ2v) is 4.56. The van der Waals surface area contributed by atoms with Gasteiger partial charge in [-0.1, -0.05) is 6.92 Å². The van der Waals surface area contributed by atoms with Gasteiger partial charge in [-0.2, -0.15) is 0 Å². The fourth-order valence-electron chi connectivity index (χ4n) is 2.55. The Labute approximate surface area is 95.6 Å². The summed E-state index contributed by atoms with van der Waals surface area (Å²) >= 11 is 0. The number of hydrogen-bond donors (Lipinski definition) is 2. The first-order chi connectivity index (χ1) is 7.70. The van der Waals surface area contributed by atoms with Crippen molar-refractivity contribution >= 4 is 11.8 Å². The quantitative estimate of drug-likeness (QED) is 0.634. The molecule has 0 aromatic heterocycles. The van der Waals surface area contributed by atoms with Crippen LogP contribution in [0.2, 0.25) is 0 Å². The van der Waals surface area contributed by atoms with Gasteiger partial charge in [-0.25, -0.2) is 0 Å². The van der Waals surface area contributed by atoms with E-state index >= 15 is 0 Å². The Morgan fingerprint density at radius 3 is 2.88 bits per heavy atom. The molecule has 16 heavy (non-hydrogen) atoms. The number of rotatable bonds is 3. The van der Waals surface area contributed by atoms with Gasteiger partial charge in [0.05, 0.1) is 12.6 Å². The average molecular weight is 225 g/mol. The number of carbonyl (C=O) groups excluding carboxylic acids is 2. The normalized spacial score (nSPS) is 31.8. The minimum absolute atomic E-state index is 0.139. The largest absolute Gasteiger partial charge is 0.313 e. The van der Waals surface area contributed by atoms with E-state index < -0.39 is 0 Å². The maximum absolute atomic E-state index is 11.6. The van der Waals surface area contributed by atoms with Crippen molar-refractivity contribution in [1.82, 2.24) is 15.5 Å². The molecule has 5 heteroatoms. The molecule has 0 aliphatic carbocycles. The van der Waals surface area contributed by atoms with Gasteiger partial charge in [-0.05, 0) is 25.8 Å². The first kappa shape index (κ1) is 11.5. The molecule has 90 valence electrons. The lowest BCUT2D eigenvalue weighted by Crippen LogP contribution is -2.59. The maximum Gasteiger partial charge on any atom is 0.243 e. The van der Waals surface area contributed by atoms with Crippen LogP contribution >= 0.6 is 0 Å². The summed E-state index contributed by atoms with van der Waals surface area (Å²) in [6, 6.07) is 0.299. The van der Waals surface area contributed by atoms with E-state index in [1.54, 1.807) is 0 Å². The van der Waals surface area contributed by atoms with Crippen molar-refractivity contribution in [2.24, 2.45) is 0 Å². The number of amides is 2. The first-order valence-corrected chi connectivity index (χ1v) is 6.02. The molecule has 2 amide bonds. The molecule has 2 fully saturated rings. The highest BCUT2D eigenvalue weighted by Gasteiger charge is 2.33. The fourth-order valence-corrected chi connectivity index (χ4v) is 2.55. The second-order valence-electron chi connectivity index (χ2n) is 4.56. The molecule has 2 aliphatic rings. The molecule has 0 bridgehead atoms. The van der Waals surface area contributed by atoms with Crippen molar-refractivity contribution in [3.05, 3.63) is 0 Å². The van der Waals surface area contributed by atoms with Gasteiger partial charge in [-0.15, -0.1) is 0 Å². The predicted octanol–water partition coefficient (Wildman–Crippen LogP) is -0.525. The summed E-state index contributed by atoms with van der Waals surface area (Å²) in [7, 11) is 0. The summed E-state index contributed by atoms with van der Waals surface area (Å²) in [4.78, 5) is 25.0. The molecular weight excluding hydrogens is 206 g/mol. The van der Waals surface area contributed by atoms with E-state index in [0.29, 0.717) is 12.6 Å². The molecule has 0 saturated carbocycles. The molecule has 2 heterocycles. The van der Waals surface area contributed by atoms with Gasteiger partial charge in [-0.3, -0.25) is 19.8 Å². The number of imide groups is 1. The molecule has 2 N–H and O–H groups in total. The Bertz CT molecular complexity index is 287. The SMILES string of the molecule is CCC1C(=O)NC(=O)CN1C[C@H]1CCCN1. The Hall–Kier alpha value is -0.940. The number of nitrogens with zero attached hydrogens (tertiary/aromatic N) is 1. The van der Waals surface area contributed by atoms with E-state index in [0.717, 1.165) is 25.9 Å². The van der Waals surface area contributed by atoms with Gasteiger partial charge >= 0.3 is 0 Å². The summed E-state index contributed by atoms with van der Waals surface area (Å²) in [6.45, 7) is 4.19. The Kier molecular flexibility index (Phi) is 3.56. The van der Waals surface area contributed by atoms with Crippen molar-refractivity contribution in [3.8, 4) is 0 Å². The highest BCUT2D eigenvalue weighted by atomic mass is 16.2. The third kappa shape index (κ3) is 2.41. The monoisotopic (exact) mass is 225 g/mol. The summed E-state index contributed by atoms with van der Waals surface area (Å²) < 4.78 is 0. The van der Waals surface area contributed by atoms with Gasteiger partial charge in [0.1, 0.15) is 0 Å². The lowest BCUT2D eigenvalue weighted by atomic mass is 10.1. The van der Waals surface area contributed by atoms with Crippen molar-refractivity contribution in [3.63, 3.8) is 0 Å². The van der Waals surface area contributed by atoms with Gasteiger partial charge in [0, 0.05) is 12.6 Å². The Balaban J connectivity index is 1.98. The fraction of sp³-hybridized carbons (Fsp3) is 0.818. The molecule has 2 saturated heterocycles. The van der Waals surface area contributed by atoms with Crippen LogP contribution in [0.25, 0.3) is 0 Å². The summed E-state index contributed by atoms with van der Waals surface area (Å²) in [6.07, 6.45) is 3.09. The van der Waals surface area contributed by atoms with E-state index in [9.17, 15) is 9.59 Å². The van der Waals surface area contributed by atoms with Crippen molar-refractivity contribution in [2.45, 2.75) is 38.3 Å². The number of nitrogens with one attached hydrogen (secondary N) is 2. The van der Waals surface area contributed by atoms with Crippen LogP contribution in [0.3, 0.4) is 0 Å². The highest BCUT2D eigenvalue weighted by molar-refractivity contribution is 6.01. The molecule has 0 aromatic carbocycles. The van der Waals surface area contributed by atoms with E-state index in [4.69, 9.17) is 0 Å². The van der Waals surface area contributed by atoms with Crippen LogP contribution in [0.15, 0.2) is 0 Å². The van der Waals surface area contributed by atoms with Crippen LogP contribution in [0.4, 0.5) is 0 Å². The molecule has 2 aliphatic heterocycles. The molecule has 0 spiro atoms. The second kappa shape index (κ2) is 4.93. The van der Waals surface area contributed by atoms with Crippen LogP contribution in [-0.4, -0.2) is 48.4 Å². The van der Waals surface area contributed by atoms with Crippen LogP contribution in [0.5, 0.6) is 0 Å². The zero-order valence-corrected chi connectivity index (χ0v) is 9.66. The van der Waals surface area contributed by atoms with Crippen molar-refractivity contribution in [2.75, 3.05) is 19.6 Å². The summed E-state index contributed by atoms with van der Waals surface area (Å²) in [5.41, 5.74) is 0. The van der Waals surface area contributed by atoms with Crippen LogP contribution < -0.4 is 10.6 Å². The third-order valence-electron chi connectivity index (χ3n) is 3.36. The van der Waals surface area contributed by atoms with Crippen LogP contribution in [0.1, 0.15) is 26.2 Å². The summed E-state index contributed by atoms with van der Waals surface area (Å²) in [5.74, 6) is -0.315. The molecular formula is C11H19N3O2. The van der Waals surface area contributed by atoms with Gasteiger partial charge < -0.3 is 5.32 Å².